The maximum Gasteiger partial charge on any atom is 0.160 e. The molecule has 4 heteroatoms. The van der Waals surface area contributed by atoms with Gasteiger partial charge in [0.15, 0.2) is 11.5 Å². The summed E-state index contributed by atoms with van der Waals surface area (Å²) in [5.74, 6) is 1.28. The average molecular weight is 248 g/mol. The minimum atomic E-state index is -0.0291. The van der Waals surface area contributed by atoms with E-state index in [4.69, 9.17) is 9.47 Å². The first-order chi connectivity index (χ1) is 8.63. The van der Waals surface area contributed by atoms with Gasteiger partial charge >= 0.3 is 0 Å². The summed E-state index contributed by atoms with van der Waals surface area (Å²) < 4.78 is 10.4. The zero-order valence-corrected chi connectivity index (χ0v) is 10.6. The van der Waals surface area contributed by atoms with Gasteiger partial charge < -0.3 is 9.47 Å². The Kier molecular flexibility index (Phi) is 3.65. The summed E-state index contributed by atoms with van der Waals surface area (Å²) in [6.07, 6.45) is 0.951. The third-order valence-electron chi connectivity index (χ3n) is 3.22. The summed E-state index contributed by atoms with van der Waals surface area (Å²) in [6, 6.07) is 5.53. The lowest BCUT2D eigenvalue weighted by Gasteiger charge is -2.21. The van der Waals surface area contributed by atoms with Gasteiger partial charge in [-0.2, -0.15) is 0 Å². The van der Waals surface area contributed by atoms with E-state index in [0.717, 1.165) is 5.56 Å². The summed E-state index contributed by atoms with van der Waals surface area (Å²) in [7, 11) is 3.14. The molecule has 0 atom stereocenters. The van der Waals surface area contributed by atoms with Crippen molar-refractivity contribution >= 4 is 11.6 Å². The molecule has 0 spiro atoms. The molecule has 0 aliphatic heterocycles. The Morgan fingerprint density at radius 2 is 1.61 bits per heavy atom. The lowest BCUT2D eigenvalue weighted by Crippen LogP contribution is -2.21. The molecule has 0 N–H and O–H groups in total. The molecule has 1 aromatic carbocycles. The van der Waals surface area contributed by atoms with Gasteiger partial charge in [-0.3, -0.25) is 9.59 Å². The molecule has 0 saturated heterocycles. The van der Waals surface area contributed by atoms with E-state index in [1.165, 1.54) is 0 Å². The predicted molar refractivity (Wildman–Crippen MR) is 66.2 cm³/mol. The highest BCUT2D eigenvalue weighted by atomic mass is 16.5. The molecule has 96 valence electrons. The molecule has 1 saturated carbocycles. The van der Waals surface area contributed by atoms with Crippen molar-refractivity contribution in [3.05, 3.63) is 23.8 Å². The quantitative estimate of drug-likeness (QED) is 0.769. The molecular weight excluding hydrogens is 232 g/mol. The number of hydrogen-bond donors (Lipinski definition) is 0. The number of benzene rings is 1. The van der Waals surface area contributed by atoms with E-state index in [9.17, 15) is 9.59 Å². The first-order valence-corrected chi connectivity index (χ1v) is 5.89. The molecule has 0 heterocycles. The molecule has 1 aliphatic carbocycles. The van der Waals surface area contributed by atoms with E-state index >= 15 is 0 Å². The highest BCUT2D eigenvalue weighted by Crippen LogP contribution is 2.35. The SMILES string of the molecule is COc1ccc(C2CC(=O)CC(=O)C2)cc1OC. The van der Waals surface area contributed by atoms with Crippen molar-refractivity contribution in [1.82, 2.24) is 0 Å². The molecule has 0 bridgehead atoms. The minimum Gasteiger partial charge on any atom is -0.493 e. The van der Waals surface area contributed by atoms with Crippen LogP contribution in [-0.2, 0) is 9.59 Å². The van der Waals surface area contributed by atoms with Crippen LogP contribution >= 0.6 is 0 Å². The van der Waals surface area contributed by atoms with Gasteiger partial charge in [0.1, 0.15) is 11.6 Å². The van der Waals surface area contributed by atoms with Crippen LogP contribution in [-0.4, -0.2) is 25.8 Å². The second kappa shape index (κ2) is 5.21. The summed E-state index contributed by atoms with van der Waals surface area (Å²) >= 11 is 0. The highest BCUT2D eigenvalue weighted by molar-refractivity contribution is 6.02. The van der Waals surface area contributed by atoms with Crippen LogP contribution in [0.3, 0.4) is 0 Å². The molecule has 0 aromatic heterocycles. The Morgan fingerprint density at radius 3 is 2.17 bits per heavy atom. The molecule has 4 nitrogen and oxygen atoms in total. The zero-order valence-electron chi connectivity index (χ0n) is 10.6. The number of Topliss-reactive ketones (excluding diaryl/α,β-unsaturated/α-hetero) is 2. The summed E-state index contributed by atoms with van der Waals surface area (Å²) in [4.78, 5) is 22.9. The van der Waals surface area contributed by atoms with Gasteiger partial charge in [-0.1, -0.05) is 6.07 Å². The van der Waals surface area contributed by atoms with Crippen molar-refractivity contribution in [2.45, 2.75) is 25.2 Å². The van der Waals surface area contributed by atoms with Crippen LogP contribution in [0.1, 0.15) is 30.7 Å². The second-order valence-corrected chi connectivity index (χ2v) is 4.47. The van der Waals surface area contributed by atoms with Crippen LogP contribution in [0, 0.1) is 0 Å². The fourth-order valence-corrected chi connectivity index (χ4v) is 2.33. The van der Waals surface area contributed by atoms with Gasteiger partial charge in [0.05, 0.1) is 20.6 Å². The van der Waals surface area contributed by atoms with Crippen LogP contribution in [0.15, 0.2) is 18.2 Å². The minimum absolute atomic E-state index is 0.0195. The first kappa shape index (κ1) is 12.6. The Labute approximate surface area is 106 Å². The number of carbonyl (C=O) groups is 2. The Balaban J connectivity index is 2.27. The summed E-state index contributed by atoms with van der Waals surface area (Å²) in [5, 5.41) is 0. The Hall–Kier alpha value is -1.84. The third kappa shape index (κ3) is 2.53. The van der Waals surface area contributed by atoms with Crippen LogP contribution < -0.4 is 9.47 Å². The molecular formula is C14H16O4. The standard InChI is InChI=1S/C14H16O4/c1-17-13-4-3-9(7-14(13)18-2)10-5-11(15)8-12(16)6-10/h3-4,7,10H,5-6,8H2,1-2H3. The lowest BCUT2D eigenvalue weighted by molar-refractivity contribution is -0.130. The van der Waals surface area contributed by atoms with E-state index in [-0.39, 0.29) is 23.9 Å². The molecule has 1 fully saturated rings. The van der Waals surface area contributed by atoms with Gasteiger partial charge in [-0.25, -0.2) is 0 Å². The highest BCUT2D eigenvalue weighted by Gasteiger charge is 2.27. The Morgan fingerprint density at radius 1 is 1.00 bits per heavy atom. The fraction of sp³-hybridized carbons (Fsp3) is 0.429. The van der Waals surface area contributed by atoms with Crippen molar-refractivity contribution in [3.63, 3.8) is 0 Å². The van der Waals surface area contributed by atoms with Crippen LogP contribution in [0.5, 0.6) is 11.5 Å². The van der Waals surface area contributed by atoms with Gasteiger partial charge in [0, 0.05) is 12.8 Å². The van der Waals surface area contributed by atoms with Gasteiger partial charge in [-0.15, -0.1) is 0 Å². The topological polar surface area (TPSA) is 52.6 Å². The summed E-state index contributed by atoms with van der Waals surface area (Å²) in [6.45, 7) is 0. The maximum absolute atomic E-state index is 11.5. The van der Waals surface area contributed by atoms with E-state index in [2.05, 4.69) is 0 Å². The maximum atomic E-state index is 11.5. The molecule has 18 heavy (non-hydrogen) atoms. The number of methoxy groups -OCH3 is 2. The monoisotopic (exact) mass is 248 g/mol. The van der Waals surface area contributed by atoms with Gasteiger partial charge in [0.25, 0.3) is 0 Å². The Bertz CT molecular complexity index is 463. The van der Waals surface area contributed by atoms with Crippen LogP contribution in [0.4, 0.5) is 0 Å². The van der Waals surface area contributed by atoms with E-state index in [1.807, 2.05) is 12.1 Å². The first-order valence-electron chi connectivity index (χ1n) is 5.89. The molecule has 0 unspecified atom stereocenters. The van der Waals surface area contributed by atoms with Gasteiger partial charge in [-0.05, 0) is 23.6 Å². The molecule has 1 aliphatic rings. The van der Waals surface area contributed by atoms with Gasteiger partial charge in [0.2, 0.25) is 0 Å². The largest absolute Gasteiger partial charge is 0.493 e. The fourth-order valence-electron chi connectivity index (χ4n) is 2.33. The van der Waals surface area contributed by atoms with Crippen LogP contribution in [0.25, 0.3) is 0 Å². The predicted octanol–water partition coefficient (Wildman–Crippen LogP) is 2.11. The van der Waals surface area contributed by atoms with Crippen LogP contribution in [0.2, 0.25) is 0 Å². The third-order valence-corrected chi connectivity index (χ3v) is 3.22. The number of ketones is 2. The molecule has 2 rings (SSSR count). The molecule has 0 amide bonds. The number of carbonyl (C=O) groups excluding carboxylic acids is 2. The zero-order chi connectivity index (χ0) is 13.1. The van der Waals surface area contributed by atoms with E-state index < -0.39 is 0 Å². The van der Waals surface area contributed by atoms with Crippen molar-refractivity contribution in [3.8, 4) is 11.5 Å². The van der Waals surface area contributed by atoms with Crippen molar-refractivity contribution in [1.29, 1.82) is 0 Å². The lowest BCUT2D eigenvalue weighted by atomic mass is 9.82. The second-order valence-electron chi connectivity index (χ2n) is 4.47. The van der Waals surface area contributed by atoms with Crippen molar-refractivity contribution in [2.75, 3.05) is 14.2 Å². The number of ether oxygens (including phenoxy) is 2. The van der Waals surface area contributed by atoms with Crippen molar-refractivity contribution < 1.29 is 19.1 Å². The van der Waals surface area contributed by atoms with E-state index in [0.29, 0.717) is 24.3 Å². The molecule has 0 radical (unpaired) electrons. The number of hydrogen-bond acceptors (Lipinski definition) is 4. The van der Waals surface area contributed by atoms with Crippen molar-refractivity contribution in [2.24, 2.45) is 0 Å². The number of rotatable bonds is 3. The average Bonchev–Trinajstić information content (AvgIpc) is 2.36. The smallest absolute Gasteiger partial charge is 0.160 e. The van der Waals surface area contributed by atoms with E-state index in [1.54, 1.807) is 20.3 Å². The normalized spacial score (nSPS) is 16.8. The summed E-state index contributed by atoms with van der Waals surface area (Å²) in [5.41, 5.74) is 0.953. The molecule has 1 aromatic rings.